The van der Waals surface area contributed by atoms with Crippen molar-refractivity contribution in [2.75, 3.05) is 6.61 Å². The third kappa shape index (κ3) is 2.73. The second-order valence-electron chi connectivity index (χ2n) is 4.08. The van der Waals surface area contributed by atoms with Crippen molar-refractivity contribution in [2.24, 2.45) is 0 Å². The van der Waals surface area contributed by atoms with E-state index >= 15 is 0 Å². The lowest BCUT2D eigenvalue weighted by Gasteiger charge is -2.05. The molecule has 0 amide bonds. The van der Waals surface area contributed by atoms with Gasteiger partial charge in [-0.15, -0.1) is 0 Å². The van der Waals surface area contributed by atoms with Crippen LogP contribution in [0.1, 0.15) is 30.1 Å². The Bertz CT molecular complexity index is 663. The zero-order valence-electron chi connectivity index (χ0n) is 10.5. The van der Waals surface area contributed by atoms with Crippen LogP contribution >= 0.6 is 0 Å². The summed E-state index contributed by atoms with van der Waals surface area (Å²) in [5.74, 6) is -0.948. The van der Waals surface area contributed by atoms with Crippen molar-refractivity contribution in [1.29, 1.82) is 0 Å². The Kier molecular flexibility index (Phi) is 3.79. The van der Waals surface area contributed by atoms with Crippen LogP contribution < -0.4 is 10.2 Å². The highest BCUT2D eigenvalue weighted by atomic mass is 16.5. The van der Waals surface area contributed by atoms with Crippen molar-refractivity contribution in [3.8, 4) is 5.88 Å². The molecule has 0 radical (unpaired) electrons. The van der Waals surface area contributed by atoms with E-state index in [9.17, 15) is 9.59 Å². The van der Waals surface area contributed by atoms with Crippen molar-refractivity contribution in [3.63, 3.8) is 0 Å². The van der Waals surface area contributed by atoms with Crippen LogP contribution in [0.15, 0.2) is 23.1 Å². The number of carboxylic acids is 1. The zero-order chi connectivity index (χ0) is 13.8. The van der Waals surface area contributed by atoms with E-state index in [1.54, 1.807) is 12.1 Å². The quantitative estimate of drug-likeness (QED) is 0.801. The molecule has 19 heavy (non-hydrogen) atoms. The molecule has 6 heteroatoms. The number of carboxylic acid groups (broad SMARTS) is 1. The summed E-state index contributed by atoms with van der Waals surface area (Å²) < 4.78 is 5.40. The van der Waals surface area contributed by atoms with Gasteiger partial charge in [-0.25, -0.2) is 9.78 Å². The molecule has 2 aromatic heterocycles. The fourth-order valence-corrected chi connectivity index (χ4v) is 1.63. The normalized spacial score (nSPS) is 10.6. The van der Waals surface area contributed by atoms with Crippen LogP contribution in [-0.4, -0.2) is 27.7 Å². The van der Waals surface area contributed by atoms with Crippen LogP contribution in [0.25, 0.3) is 11.0 Å². The molecule has 0 unspecified atom stereocenters. The molecule has 100 valence electrons. The molecule has 0 saturated heterocycles. The lowest BCUT2D eigenvalue weighted by atomic mass is 10.2. The summed E-state index contributed by atoms with van der Waals surface area (Å²) in [6.07, 6.45) is 3.06. The minimum atomic E-state index is -1.28. The molecular weight excluding hydrogens is 248 g/mol. The number of pyridine rings is 2. The number of aromatic carboxylic acids is 1. The third-order valence-electron chi connectivity index (χ3n) is 2.68. The number of nitrogens with one attached hydrogen (secondary N) is 1. The molecule has 0 spiro atoms. The number of H-pyrrole nitrogens is 1. The van der Waals surface area contributed by atoms with Crippen molar-refractivity contribution in [3.05, 3.63) is 34.1 Å². The lowest BCUT2D eigenvalue weighted by Crippen LogP contribution is -2.16. The lowest BCUT2D eigenvalue weighted by molar-refractivity contribution is 0.0695. The highest BCUT2D eigenvalue weighted by Gasteiger charge is 2.12. The molecule has 2 N–H and O–H groups in total. The number of hydrogen-bond acceptors (Lipinski definition) is 4. The van der Waals surface area contributed by atoms with Gasteiger partial charge >= 0.3 is 5.97 Å². The number of ether oxygens (including phenoxy) is 1. The summed E-state index contributed by atoms with van der Waals surface area (Å²) in [5.41, 5.74) is -0.375. The van der Waals surface area contributed by atoms with Crippen LogP contribution in [0, 0.1) is 0 Å². The van der Waals surface area contributed by atoms with E-state index in [1.807, 2.05) is 6.92 Å². The van der Waals surface area contributed by atoms with E-state index in [2.05, 4.69) is 9.97 Å². The minimum Gasteiger partial charge on any atom is -0.478 e. The second kappa shape index (κ2) is 5.51. The van der Waals surface area contributed by atoms with Gasteiger partial charge in [0.05, 0.1) is 12.1 Å². The van der Waals surface area contributed by atoms with Gasteiger partial charge in [-0.1, -0.05) is 13.3 Å². The highest BCUT2D eigenvalue weighted by Crippen LogP contribution is 2.13. The summed E-state index contributed by atoms with van der Waals surface area (Å²) in [5, 5.41) is 8.89. The average Bonchev–Trinajstić information content (AvgIpc) is 2.39. The Hall–Kier alpha value is -2.37. The predicted octanol–water partition coefficient (Wildman–Crippen LogP) is 1.80. The van der Waals surface area contributed by atoms with Gasteiger partial charge in [0, 0.05) is 12.3 Å². The largest absolute Gasteiger partial charge is 0.478 e. The van der Waals surface area contributed by atoms with Crippen molar-refractivity contribution >= 4 is 17.0 Å². The molecule has 0 aliphatic rings. The van der Waals surface area contributed by atoms with Gasteiger partial charge in [0.2, 0.25) is 11.3 Å². The van der Waals surface area contributed by atoms with Gasteiger partial charge < -0.3 is 14.8 Å². The first kappa shape index (κ1) is 13.1. The van der Waals surface area contributed by atoms with Gasteiger partial charge in [-0.05, 0) is 12.5 Å². The van der Waals surface area contributed by atoms with E-state index in [0.29, 0.717) is 18.0 Å². The zero-order valence-corrected chi connectivity index (χ0v) is 10.5. The fourth-order valence-electron chi connectivity index (χ4n) is 1.63. The van der Waals surface area contributed by atoms with Crippen LogP contribution in [-0.2, 0) is 0 Å². The first-order valence-electron chi connectivity index (χ1n) is 6.02. The molecule has 0 aliphatic carbocycles. The number of unbranched alkanes of at least 4 members (excludes halogenated alkanes) is 1. The van der Waals surface area contributed by atoms with Crippen LogP contribution in [0.2, 0.25) is 0 Å². The number of nitrogens with zero attached hydrogens (tertiary/aromatic N) is 1. The molecule has 0 atom stereocenters. The molecule has 2 aromatic rings. The summed E-state index contributed by atoms with van der Waals surface area (Å²) >= 11 is 0. The molecule has 0 aliphatic heterocycles. The first-order chi connectivity index (χ1) is 9.13. The number of hydrogen-bond donors (Lipinski definition) is 2. The van der Waals surface area contributed by atoms with Crippen LogP contribution in [0.5, 0.6) is 5.88 Å². The van der Waals surface area contributed by atoms with Gasteiger partial charge in [-0.3, -0.25) is 4.79 Å². The standard InChI is InChI=1S/C13H14N2O4/c1-2-3-6-19-10-5-4-9-11(15-10)12(16)8(7-14-9)13(17)18/h4-5,7H,2-3,6H2,1H3,(H,14,16)(H,17,18). The van der Waals surface area contributed by atoms with Crippen molar-refractivity contribution in [2.45, 2.75) is 19.8 Å². The Morgan fingerprint density at radius 2 is 2.26 bits per heavy atom. The van der Waals surface area contributed by atoms with Crippen LogP contribution in [0.3, 0.4) is 0 Å². The number of fused-ring (bicyclic) bond motifs is 1. The van der Waals surface area contributed by atoms with E-state index < -0.39 is 11.4 Å². The first-order valence-corrected chi connectivity index (χ1v) is 6.02. The van der Waals surface area contributed by atoms with Crippen molar-refractivity contribution < 1.29 is 14.6 Å². The van der Waals surface area contributed by atoms with E-state index in [1.165, 1.54) is 6.20 Å². The van der Waals surface area contributed by atoms with Gasteiger partial charge in [0.25, 0.3) is 0 Å². The van der Waals surface area contributed by atoms with E-state index in [-0.39, 0.29) is 11.1 Å². The molecule has 0 saturated carbocycles. The summed E-state index contributed by atoms with van der Waals surface area (Å²) in [4.78, 5) is 29.6. The van der Waals surface area contributed by atoms with Crippen LogP contribution in [0.4, 0.5) is 0 Å². The summed E-state index contributed by atoms with van der Waals surface area (Å²) in [7, 11) is 0. The van der Waals surface area contributed by atoms with Gasteiger partial charge in [0.15, 0.2) is 0 Å². The SMILES string of the molecule is CCCCOc1ccc2[nH]cc(C(=O)O)c(=O)c2n1. The minimum absolute atomic E-state index is 0.0777. The number of aromatic nitrogens is 2. The molecule has 6 nitrogen and oxygen atoms in total. The Labute approximate surface area is 109 Å². The van der Waals surface area contributed by atoms with E-state index in [4.69, 9.17) is 9.84 Å². The van der Waals surface area contributed by atoms with Crippen molar-refractivity contribution in [1.82, 2.24) is 9.97 Å². The maximum absolute atomic E-state index is 11.9. The number of aromatic amines is 1. The monoisotopic (exact) mass is 262 g/mol. The molecule has 0 aromatic carbocycles. The Morgan fingerprint density at radius 1 is 1.47 bits per heavy atom. The van der Waals surface area contributed by atoms with E-state index in [0.717, 1.165) is 12.8 Å². The topological polar surface area (TPSA) is 92.3 Å². The number of rotatable bonds is 5. The molecule has 2 heterocycles. The third-order valence-corrected chi connectivity index (χ3v) is 2.68. The fraction of sp³-hybridized carbons (Fsp3) is 0.308. The summed E-state index contributed by atoms with van der Waals surface area (Å²) in [6, 6.07) is 3.30. The highest BCUT2D eigenvalue weighted by molar-refractivity contribution is 5.91. The maximum atomic E-state index is 11.9. The summed E-state index contributed by atoms with van der Waals surface area (Å²) in [6.45, 7) is 2.56. The van der Waals surface area contributed by atoms with Gasteiger partial charge in [-0.2, -0.15) is 0 Å². The molecule has 0 fully saturated rings. The maximum Gasteiger partial charge on any atom is 0.341 e. The Morgan fingerprint density at radius 3 is 2.95 bits per heavy atom. The van der Waals surface area contributed by atoms with Gasteiger partial charge in [0.1, 0.15) is 11.1 Å². The molecule has 0 bridgehead atoms. The number of carbonyl (C=O) groups is 1. The molecular formula is C13H14N2O4. The average molecular weight is 262 g/mol. The predicted molar refractivity (Wildman–Crippen MR) is 69.7 cm³/mol. The smallest absolute Gasteiger partial charge is 0.341 e. The second-order valence-corrected chi connectivity index (χ2v) is 4.08. The Balaban J connectivity index is 2.42. The molecule has 2 rings (SSSR count).